The first-order valence-electron chi connectivity index (χ1n) is 10.6. The van der Waals surface area contributed by atoms with Crippen LogP contribution in [0.4, 0.5) is 11.4 Å². The number of para-hydroxylation sites is 1. The van der Waals surface area contributed by atoms with Crippen LogP contribution in [0, 0.1) is 0 Å². The molecule has 160 valence electrons. The topological polar surface area (TPSA) is 44.8 Å². The Kier molecular flexibility index (Phi) is 6.12. The predicted molar refractivity (Wildman–Crippen MR) is 126 cm³/mol. The Bertz CT molecular complexity index is 1030. The molecule has 1 atom stereocenters. The van der Waals surface area contributed by atoms with Gasteiger partial charge in [0.1, 0.15) is 5.75 Å². The first-order chi connectivity index (χ1) is 15.1. The van der Waals surface area contributed by atoms with Gasteiger partial charge in [-0.2, -0.15) is 0 Å². The molecule has 0 fully saturated rings. The molecule has 0 saturated heterocycles. The monoisotopic (exact) mass is 415 g/mol. The number of nitrogens with zero attached hydrogens (tertiary/aromatic N) is 2. The molecular weight excluding hydrogens is 386 g/mol. The molecule has 5 nitrogen and oxygen atoms in total. The minimum atomic E-state index is -0.0787. The molecular formula is C26H29N3O2. The van der Waals surface area contributed by atoms with E-state index in [-0.39, 0.29) is 11.9 Å². The molecule has 1 aliphatic heterocycles. The first-order valence-corrected chi connectivity index (χ1v) is 10.6. The summed E-state index contributed by atoms with van der Waals surface area (Å²) in [6.45, 7) is 1.47. The molecule has 1 aliphatic rings. The number of anilines is 2. The molecule has 31 heavy (non-hydrogen) atoms. The van der Waals surface area contributed by atoms with Crippen molar-refractivity contribution in [3.63, 3.8) is 0 Å². The molecule has 3 aromatic rings. The maximum Gasteiger partial charge on any atom is 0.251 e. The maximum atomic E-state index is 12.8. The summed E-state index contributed by atoms with van der Waals surface area (Å²) < 4.78 is 5.19. The summed E-state index contributed by atoms with van der Waals surface area (Å²) in [5, 5.41) is 3.15. The molecule has 3 aromatic carbocycles. The summed E-state index contributed by atoms with van der Waals surface area (Å²) >= 11 is 0. The molecule has 0 aliphatic carbocycles. The highest BCUT2D eigenvalue weighted by Gasteiger charge is 2.27. The van der Waals surface area contributed by atoms with E-state index < -0.39 is 0 Å². The van der Waals surface area contributed by atoms with Crippen LogP contribution in [0.2, 0.25) is 0 Å². The van der Waals surface area contributed by atoms with E-state index in [1.54, 1.807) is 19.2 Å². The van der Waals surface area contributed by atoms with Crippen molar-refractivity contribution in [1.82, 2.24) is 5.32 Å². The minimum Gasteiger partial charge on any atom is -0.497 e. The molecule has 5 heteroatoms. The van der Waals surface area contributed by atoms with Crippen LogP contribution in [0.1, 0.15) is 27.5 Å². The predicted octanol–water partition coefficient (Wildman–Crippen LogP) is 4.30. The largest absolute Gasteiger partial charge is 0.497 e. The van der Waals surface area contributed by atoms with Crippen LogP contribution >= 0.6 is 0 Å². The number of carbonyl (C=O) groups is 1. The van der Waals surface area contributed by atoms with Crippen LogP contribution in [0.15, 0.2) is 72.8 Å². The Morgan fingerprint density at radius 2 is 1.74 bits per heavy atom. The maximum absolute atomic E-state index is 12.8. The molecule has 4 rings (SSSR count). The van der Waals surface area contributed by atoms with E-state index in [0.29, 0.717) is 12.1 Å². The number of amides is 1. The van der Waals surface area contributed by atoms with E-state index in [4.69, 9.17) is 4.74 Å². The Morgan fingerprint density at radius 1 is 1.03 bits per heavy atom. The fourth-order valence-corrected chi connectivity index (χ4v) is 4.12. The van der Waals surface area contributed by atoms with Crippen LogP contribution in [-0.2, 0) is 6.42 Å². The summed E-state index contributed by atoms with van der Waals surface area (Å²) in [5.41, 5.74) is 5.59. The Hall–Kier alpha value is -3.47. The van der Waals surface area contributed by atoms with Gasteiger partial charge in [-0.25, -0.2) is 0 Å². The SMILES string of the molecule is COc1ccc(C(=O)NC[C@H](c2ccc(N(C)C)cc2)N2CCc3ccccc32)cc1. The number of hydrogen-bond acceptors (Lipinski definition) is 4. The fourth-order valence-electron chi connectivity index (χ4n) is 4.12. The zero-order chi connectivity index (χ0) is 21.8. The number of ether oxygens (including phenoxy) is 1. The summed E-state index contributed by atoms with van der Waals surface area (Å²) in [4.78, 5) is 17.3. The summed E-state index contributed by atoms with van der Waals surface area (Å²) in [6.07, 6.45) is 1.02. The molecule has 0 saturated carbocycles. The number of methoxy groups -OCH3 is 1. The van der Waals surface area contributed by atoms with E-state index in [1.807, 2.05) is 26.2 Å². The summed E-state index contributed by atoms with van der Waals surface area (Å²) in [5.74, 6) is 0.661. The lowest BCUT2D eigenvalue weighted by molar-refractivity contribution is 0.0951. The van der Waals surface area contributed by atoms with Crippen LogP contribution in [0.25, 0.3) is 0 Å². The van der Waals surface area contributed by atoms with Gasteiger partial charge < -0.3 is 19.9 Å². The number of hydrogen-bond donors (Lipinski definition) is 1. The zero-order valence-corrected chi connectivity index (χ0v) is 18.3. The lowest BCUT2D eigenvalue weighted by Gasteiger charge is -2.31. The first kappa shape index (κ1) is 20.8. The van der Waals surface area contributed by atoms with Crippen molar-refractivity contribution < 1.29 is 9.53 Å². The van der Waals surface area contributed by atoms with E-state index in [9.17, 15) is 4.79 Å². The summed E-state index contributed by atoms with van der Waals surface area (Å²) in [6, 6.07) is 24.4. The van der Waals surface area contributed by atoms with Gasteiger partial charge in [0.05, 0.1) is 13.2 Å². The van der Waals surface area contributed by atoms with Crippen LogP contribution in [0.3, 0.4) is 0 Å². The van der Waals surface area contributed by atoms with Crippen molar-refractivity contribution in [2.45, 2.75) is 12.5 Å². The van der Waals surface area contributed by atoms with Gasteiger partial charge in [-0.3, -0.25) is 4.79 Å². The average Bonchev–Trinajstić information content (AvgIpc) is 3.23. The van der Waals surface area contributed by atoms with Gasteiger partial charge in [0, 0.05) is 44.1 Å². The van der Waals surface area contributed by atoms with Gasteiger partial charge in [0.2, 0.25) is 0 Å². The fraction of sp³-hybridized carbons (Fsp3) is 0.269. The van der Waals surface area contributed by atoms with Crippen molar-refractivity contribution in [2.75, 3.05) is 44.1 Å². The number of nitrogens with one attached hydrogen (secondary N) is 1. The van der Waals surface area contributed by atoms with Gasteiger partial charge in [-0.1, -0.05) is 30.3 Å². The molecule has 1 N–H and O–H groups in total. The molecule has 1 heterocycles. The Labute approximate surface area is 184 Å². The highest BCUT2D eigenvalue weighted by Crippen LogP contribution is 2.35. The van der Waals surface area contributed by atoms with E-state index in [0.717, 1.165) is 24.4 Å². The number of benzene rings is 3. The van der Waals surface area contributed by atoms with Crippen molar-refractivity contribution in [3.8, 4) is 5.75 Å². The van der Waals surface area contributed by atoms with Crippen molar-refractivity contribution in [2.24, 2.45) is 0 Å². The molecule has 0 unspecified atom stereocenters. The molecule has 0 bridgehead atoms. The van der Waals surface area contributed by atoms with Crippen LogP contribution < -0.4 is 19.9 Å². The molecule has 1 amide bonds. The van der Waals surface area contributed by atoms with Crippen molar-refractivity contribution in [1.29, 1.82) is 0 Å². The van der Waals surface area contributed by atoms with Gasteiger partial charge in [-0.05, 0) is 60.0 Å². The smallest absolute Gasteiger partial charge is 0.251 e. The third-order valence-corrected chi connectivity index (χ3v) is 5.90. The second kappa shape index (κ2) is 9.13. The van der Waals surface area contributed by atoms with Gasteiger partial charge in [0.25, 0.3) is 5.91 Å². The summed E-state index contributed by atoms with van der Waals surface area (Å²) in [7, 11) is 5.70. The number of rotatable bonds is 7. The van der Waals surface area contributed by atoms with E-state index >= 15 is 0 Å². The zero-order valence-electron chi connectivity index (χ0n) is 18.3. The highest BCUT2D eigenvalue weighted by molar-refractivity contribution is 5.94. The standard InChI is InChI=1S/C26H29N3O2/c1-28(2)22-12-8-20(9-13-22)25(29-17-16-19-6-4-5-7-24(19)29)18-27-26(30)21-10-14-23(31-3)15-11-21/h4-15,25H,16-18H2,1-3H3,(H,27,30)/t25-/m1/s1. The molecule has 0 radical (unpaired) electrons. The second-order valence-corrected chi connectivity index (χ2v) is 8.01. The third-order valence-electron chi connectivity index (χ3n) is 5.90. The normalized spacial score (nSPS) is 13.5. The third kappa shape index (κ3) is 4.50. The number of fused-ring (bicyclic) bond motifs is 1. The van der Waals surface area contributed by atoms with E-state index in [1.165, 1.54) is 16.8 Å². The van der Waals surface area contributed by atoms with Crippen LogP contribution in [0.5, 0.6) is 5.75 Å². The van der Waals surface area contributed by atoms with E-state index in [2.05, 4.69) is 63.6 Å². The van der Waals surface area contributed by atoms with Crippen molar-refractivity contribution >= 4 is 17.3 Å². The minimum absolute atomic E-state index is 0.0575. The quantitative estimate of drug-likeness (QED) is 0.625. The van der Waals surface area contributed by atoms with Crippen LogP contribution in [-0.4, -0.2) is 40.2 Å². The lowest BCUT2D eigenvalue weighted by Crippen LogP contribution is -2.37. The van der Waals surface area contributed by atoms with Gasteiger partial charge >= 0.3 is 0 Å². The average molecular weight is 416 g/mol. The molecule has 0 aromatic heterocycles. The van der Waals surface area contributed by atoms with Gasteiger partial charge in [-0.15, -0.1) is 0 Å². The number of carbonyl (C=O) groups excluding carboxylic acids is 1. The van der Waals surface area contributed by atoms with Gasteiger partial charge in [0.15, 0.2) is 0 Å². The Balaban J connectivity index is 1.57. The van der Waals surface area contributed by atoms with Crippen molar-refractivity contribution in [3.05, 3.63) is 89.5 Å². The molecule has 0 spiro atoms. The second-order valence-electron chi connectivity index (χ2n) is 8.01. The highest BCUT2D eigenvalue weighted by atomic mass is 16.5. The lowest BCUT2D eigenvalue weighted by atomic mass is 10.0. The Morgan fingerprint density at radius 3 is 2.42 bits per heavy atom.